The highest BCUT2D eigenvalue weighted by molar-refractivity contribution is 8.27. The fourth-order valence-corrected chi connectivity index (χ4v) is 3.65. The summed E-state index contributed by atoms with van der Waals surface area (Å²) in [6, 6.07) is 11.1. The molecule has 2 aromatic rings. The Morgan fingerprint density at radius 2 is 1.96 bits per heavy atom. The van der Waals surface area contributed by atoms with E-state index in [1.807, 2.05) is 12.1 Å². The smallest absolute Gasteiger partial charge is 0.271 e. The van der Waals surface area contributed by atoms with Crippen molar-refractivity contribution in [1.82, 2.24) is 0 Å². The molecule has 1 fully saturated rings. The predicted octanol–water partition coefficient (Wildman–Crippen LogP) is 3.59. The number of non-ortho nitro benzene ring substituents is 1. The van der Waals surface area contributed by atoms with Crippen molar-refractivity contribution in [2.75, 3.05) is 17.7 Å². The molecule has 0 bridgehead atoms. The summed E-state index contributed by atoms with van der Waals surface area (Å²) in [6.45, 7) is 0. The number of hydrogen-bond donors (Lipinski definition) is 1. The van der Waals surface area contributed by atoms with Gasteiger partial charge in [-0.3, -0.25) is 19.8 Å². The second kappa shape index (κ2) is 7.14. The number of nitrogens with two attached hydrogens (primary N) is 1. The van der Waals surface area contributed by atoms with Crippen LogP contribution in [-0.2, 0) is 4.79 Å². The van der Waals surface area contributed by atoms with E-state index >= 15 is 0 Å². The van der Waals surface area contributed by atoms with Gasteiger partial charge in [0.2, 0.25) is 0 Å². The van der Waals surface area contributed by atoms with Gasteiger partial charge in [-0.2, -0.15) is 0 Å². The Morgan fingerprint density at radius 1 is 1.27 bits per heavy atom. The number of amides is 1. The normalized spacial score (nSPS) is 15.6. The molecule has 2 aromatic carbocycles. The van der Waals surface area contributed by atoms with Crippen molar-refractivity contribution in [1.29, 1.82) is 0 Å². The number of anilines is 2. The summed E-state index contributed by atoms with van der Waals surface area (Å²) < 4.78 is 5.37. The van der Waals surface area contributed by atoms with Crippen LogP contribution in [0.15, 0.2) is 47.4 Å². The van der Waals surface area contributed by atoms with Crippen molar-refractivity contribution in [3.05, 3.63) is 63.0 Å². The zero-order valence-electron chi connectivity index (χ0n) is 13.5. The van der Waals surface area contributed by atoms with E-state index in [1.54, 1.807) is 25.3 Å². The van der Waals surface area contributed by atoms with Gasteiger partial charge in [0, 0.05) is 12.1 Å². The lowest BCUT2D eigenvalue weighted by Crippen LogP contribution is -2.28. The van der Waals surface area contributed by atoms with Crippen LogP contribution in [0.2, 0.25) is 0 Å². The van der Waals surface area contributed by atoms with E-state index in [4.69, 9.17) is 22.7 Å². The second-order valence-electron chi connectivity index (χ2n) is 5.29. The molecule has 0 radical (unpaired) electrons. The van der Waals surface area contributed by atoms with Crippen LogP contribution in [-0.4, -0.2) is 22.3 Å². The predicted molar refractivity (Wildman–Crippen MR) is 106 cm³/mol. The maximum absolute atomic E-state index is 12.8. The molecule has 3 rings (SSSR count). The van der Waals surface area contributed by atoms with Crippen LogP contribution in [0.5, 0.6) is 5.75 Å². The average Bonchev–Trinajstić information content (AvgIpc) is 2.89. The summed E-state index contributed by atoms with van der Waals surface area (Å²) in [7, 11) is 1.57. The summed E-state index contributed by atoms with van der Waals surface area (Å²) in [5, 5.41) is 11.0. The number of nitrogens with zero attached hydrogens (tertiary/aromatic N) is 2. The number of thiocarbonyl (C=S) groups is 1. The molecule has 0 spiro atoms. The van der Waals surface area contributed by atoms with Crippen molar-refractivity contribution in [2.24, 2.45) is 0 Å². The Morgan fingerprint density at radius 3 is 2.58 bits per heavy atom. The van der Waals surface area contributed by atoms with Gasteiger partial charge in [-0.25, -0.2) is 0 Å². The summed E-state index contributed by atoms with van der Waals surface area (Å²) in [4.78, 5) is 24.9. The van der Waals surface area contributed by atoms with Gasteiger partial charge in [-0.05, 0) is 29.8 Å². The van der Waals surface area contributed by atoms with Crippen LogP contribution < -0.4 is 15.4 Å². The minimum atomic E-state index is -0.548. The quantitative estimate of drug-likeness (QED) is 0.281. The van der Waals surface area contributed by atoms with Crippen LogP contribution in [0.3, 0.4) is 0 Å². The molecule has 1 saturated heterocycles. The van der Waals surface area contributed by atoms with Crippen LogP contribution in [0, 0.1) is 10.1 Å². The van der Waals surface area contributed by atoms with Crippen molar-refractivity contribution in [2.45, 2.75) is 0 Å². The second-order valence-corrected chi connectivity index (χ2v) is 6.97. The average molecular weight is 387 g/mol. The summed E-state index contributed by atoms with van der Waals surface area (Å²) in [5.74, 6) is 0.335. The maximum Gasteiger partial charge on any atom is 0.271 e. The summed E-state index contributed by atoms with van der Waals surface area (Å²) in [5.41, 5.74) is 6.99. The fraction of sp³-hybridized carbons (Fsp3) is 0.0588. The number of benzene rings is 2. The van der Waals surface area contributed by atoms with E-state index in [-0.39, 0.29) is 27.3 Å². The Labute approximate surface area is 158 Å². The van der Waals surface area contributed by atoms with E-state index in [0.29, 0.717) is 10.7 Å². The first-order chi connectivity index (χ1) is 12.4. The van der Waals surface area contributed by atoms with Crippen molar-refractivity contribution in [3.63, 3.8) is 0 Å². The monoisotopic (exact) mass is 387 g/mol. The number of hydrogen-bond acceptors (Lipinski definition) is 7. The number of rotatable bonds is 4. The lowest BCUT2D eigenvalue weighted by molar-refractivity contribution is -0.384. The summed E-state index contributed by atoms with van der Waals surface area (Å²) >= 11 is 6.40. The molecule has 132 valence electrons. The number of methoxy groups -OCH3 is 1. The molecule has 26 heavy (non-hydrogen) atoms. The van der Waals surface area contributed by atoms with Gasteiger partial charge in [0.15, 0.2) is 4.32 Å². The third-order valence-electron chi connectivity index (χ3n) is 3.67. The number of ether oxygens (including phenoxy) is 1. The molecule has 0 unspecified atom stereocenters. The molecule has 1 heterocycles. The zero-order valence-corrected chi connectivity index (χ0v) is 15.2. The number of carbonyl (C=O) groups excluding carboxylic acids is 1. The van der Waals surface area contributed by atoms with Gasteiger partial charge in [0.1, 0.15) is 5.75 Å². The Hall–Kier alpha value is -2.91. The molecule has 0 atom stereocenters. The first-order valence-electron chi connectivity index (χ1n) is 7.36. The minimum absolute atomic E-state index is 0.164. The molecule has 7 nitrogen and oxygen atoms in total. The van der Waals surface area contributed by atoms with Crippen LogP contribution in [0.1, 0.15) is 5.56 Å². The lowest BCUT2D eigenvalue weighted by Gasteiger charge is -2.16. The van der Waals surface area contributed by atoms with Gasteiger partial charge < -0.3 is 10.5 Å². The highest BCUT2D eigenvalue weighted by Gasteiger charge is 2.35. The third kappa shape index (κ3) is 3.39. The molecule has 2 N–H and O–H groups in total. The van der Waals surface area contributed by atoms with E-state index in [2.05, 4.69) is 0 Å². The first kappa shape index (κ1) is 17.9. The minimum Gasteiger partial charge on any atom is -0.497 e. The highest BCUT2D eigenvalue weighted by Crippen LogP contribution is 2.39. The Bertz CT molecular complexity index is 942. The molecule has 1 aliphatic rings. The number of thioether (sulfide) groups is 1. The van der Waals surface area contributed by atoms with E-state index < -0.39 is 4.92 Å². The molecule has 1 amide bonds. The SMILES string of the molecule is COc1ccc(/C=C2\SC(=S)N(c3cc([N+](=O)[O-])ccc3N)C2=O)cc1. The molecule has 0 aromatic heterocycles. The topological polar surface area (TPSA) is 98.7 Å². The van der Waals surface area contributed by atoms with Gasteiger partial charge in [0.05, 0.1) is 28.3 Å². The Balaban J connectivity index is 1.95. The summed E-state index contributed by atoms with van der Waals surface area (Å²) in [6.07, 6.45) is 1.70. The highest BCUT2D eigenvalue weighted by atomic mass is 32.2. The van der Waals surface area contributed by atoms with Gasteiger partial charge in [0.25, 0.3) is 11.6 Å². The van der Waals surface area contributed by atoms with Crippen molar-refractivity contribution in [3.8, 4) is 5.75 Å². The number of nitro benzene ring substituents is 1. The van der Waals surface area contributed by atoms with Gasteiger partial charge in [-0.1, -0.05) is 36.1 Å². The van der Waals surface area contributed by atoms with Crippen LogP contribution in [0.25, 0.3) is 6.08 Å². The lowest BCUT2D eigenvalue weighted by atomic mass is 10.2. The fourth-order valence-electron chi connectivity index (χ4n) is 2.37. The largest absolute Gasteiger partial charge is 0.497 e. The molecule has 9 heteroatoms. The third-order valence-corrected chi connectivity index (χ3v) is 4.98. The number of nitrogen functional groups attached to an aromatic ring is 1. The molecule has 0 aliphatic carbocycles. The van der Waals surface area contributed by atoms with Gasteiger partial charge >= 0.3 is 0 Å². The maximum atomic E-state index is 12.8. The van der Waals surface area contributed by atoms with Gasteiger partial charge in [-0.15, -0.1) is 0 Å². The number of nitro groups is 1. The molecular formula is C17H13N3O4S2. The van der Waals surface area contributed by atoms with Crippen molar-refractivity contribution < 1.29 is 14.5 Å². The van der Waals surface area contributed by atoms with E-state index in [9.17, 15) is 14.9 Å². The molecule has 1 aliphatic heterocycles. The first-order valence-corrected chi connectivity index (χ1v) is 8.59. The van der Waals surface area contributed by atoms with Crippen molar-refractivity contribution >= 4 is 57.3 Å². The Kier molecular flexibility index (Phi) is 4.92. The molecule has 0 saturated carbocycles. The van der Waals surface area contributed by atoms with E-state index in [0.717, 1.165) is 17.3 Å². The van der Waals surface area contributed by atoms with Crippen LogP contribution in [0.4, 0.5) is 17.1 Å². The zero-order chi connectivity index (χ0) is 18.8. The van der Waals surface area contributed by atoms with Crippen LogP contribution >= 0.6 is 24.0 Å². The number of carbonyl (C=O) groups is 1. The molecular weight excluding hydrogens is 374 g/mol. The standard InChI is InChI=1S/C17H13N3O4S2/c1-24-12-5-2-10(3-6-12)8-15-16(21)19(17(25)26-15)14-9-11(20(22)23)4-7-13(14)18/h2-9H,18H2,1H3/b15-8-. The van der Waals surface area contributed by atoms with E-state index in [1.165, 1.54) is 23.1 Å².